The molecule has 0 saturated carbocycles. The second-order valence-corrected chi connectivity index (χ2v) is 8.53. The molecule has 2 nitrogen and oxygen atoms in total. The fourth-order valence-corrected chi connectivity index (χ4v) is 2.53. The van der Waals surface area contributed by atoms with Gasteiger partial charge in [0.05, 0.1) is 6.61 Å². The average molecular weight is 446 g/mol. The third kappa shape index (κ3) is 13.5. The Bertz CT molecular complexity index is 603. The Kier molecular flexibility index (Phi) is 11.8. The lowest BCUT2D eigenvalue weighted by Crippen LogP contribution is -2.24. The van der Waals surface area contributed by atoms with Crippen LogP contribution in [0.25, 0.3) is 0 Å². The van der Waals surface area contributed by atoms with Crippen molar-refractivity contribution in [3.8, 4) is 5.75 Å². The van der Waals surface area contributed by atoms with Gasteiger partial charge in [-0.3, -0.25) is 0 Å². The number of unbranched alkanes of at least 4 members (excludes halogenated alkanes) is 2. The predicted molar refractivity (Wildman–Crippen MR) is 108 cm³/mol. The molecule has 0 fully saturated rings. The van der Waals surface area contributed by atoms with E-state index in [1.54, 1.807) is 20.8 Å². The Balaban J connectivity index is 0.00000379. The summed E-state index contributed by atoms with van der Waals surface area (Å²) in [6.07, 6.45) is -8.73. The first kappa shape index (κ1) is 27.6. The summed E-state index contributed by atoms with van der Waals surface area (Å²) in [5.41, 5.74) is -1.04. The van der Waals surface area contributed by atoms with Crippen molar-refractivity contribution in [2.24, 2.45) is 4.40 Å². The Hall–Kier alpha value is -1.38. The zero-order valence-corrected chi connectivity index (χ0v) is 18.2. The maximum absolute atomic E-state index is 13.2. The summed E-state index contributed by atoms with van der Waals surface area (Å²) < 4.78 is 84.3. The molecule has 168 valence electrons. The molecule has 0 atom stereocenters. The molecular formula is C20H29F6NOS. The lowest BCUT2D eigenvalue weighted by Gasteiger charge is -2.16. The van der Waals surface area contributed by atoms with Crippen molar-refractivity contribution in [2.75, 3.05) is 6.61 Å². The second kappa shape index (κ2) is 12.3. The van der Waals surface area contributed by atoms with Crippen LogP contribution in [-0.2, 0) is 0 Å². The Morgan fingerprint density at radius 3 is 1.90 bits per heavy atom. The van der Waals surface area contributed by atoms with Crippen LogP contribution >= 0.6 is 11.9 Å². The van der Waals surface area contributed by atoms with Crippen molar-refractivity contribution in [2.45, 2.75) is 77.4 Å². The summed E-state index contributed by atoms with van der Waals surface area (Å²) in [7, 11) is 0. The van der Waals surface area contributed by atoms with Crippen molar-refractivity contribution in [3.63, 3.8) is 0 Å². The Morgan fingerprint density at radius 2 is 1.45 bits per heavy atom. The smallest absolute Gasteiger partial charge is 0.434 e. The van der Waals surface area contributed by atoms with Crippen LogP contribution in [0, 0.1) is 0 Å². The highest BCUT2D eigenvalue weighted by Crippen LogP contribution is 2.31. The Labute approximate surface area is 173 Å². The van der Waals surface area contributed by atoms with Gasteiger partial charge in [-0.05, 0) is 76.2 Å². The van der Waals surface area contributed by atoms with Crippen LogP contribution in [0.2, 0.25) is 0 Å². The van der Waals surface area contributed by atoms with Gasteiger partial charge in [0.15, 0.2) is 5.71 Å². The maximum atomic E-state index is 13.2. The minimum absolute atomic E-state index is 0.0304. The SMILES string of the molecule is CC.CC(C)(C)S/N=C(\c1ccc(OCCCCCC(F)(F)F)cc1)C(F)(F)F. The molecule has 0 radical (unpaired) electrons. The lowest BCUT2D eigenvalue weighted by atomic mass is 10.1. The molecule has 0 saturated heterocycles. The van der Waals surface area contributed by atoms with Gasteiger partial charge in [0.25, 0.3) is 0 Å². The first-order chi connectivity index (χ1) is 13.3. The van der Waals surface area contributed by atoms with Gasteiger partial charge >= 0.3 is 12.4 Å². The van der Waals surface area contributed by atoms with Gasteiger partial charge in [0, 0.05) is 16.7 Å². The van der Waals surface area contributed by atoms with Crippen LogP contribution in [0.5, 0.6) is 5.75 Å². The lowest BCUT2D eigenvalue weighted by molar-refractivity contribution is -0.135. The molecule has 1 rings (SSSR count). The first-order valence-corrected chi connectivity index (χ1v) is 10.2. The summed E-state index contributed by atoms with van der Waals surface area (Å²) in [4.78, 5) is 0. The molecule has 0 bridgehead atoms. The molecule has 29 heavy (non-hydrogen) atoms. The number of halogens is 6. The number of hydrogen-bond donors (Lipinski definition) is 0. The standard InChI is InChI=1S/C18H23F6NOS.C2H6/c1-16(2,3)27-25-15(18(22,23)24)13-7-9-14(10-8-13)26-12-6-4-5-11-17(19,20)21;1-2/h7-10H,4-6,11-12H2,1-3H3;1-2H3/b25-15+;. The van der Waals surface area contributed by atoms with E-state index in [4.69, 9.17) is 4.74 Å². The van der Waals surface area contributed by atoms with Crippen LogP contribution in [0.4, 0.5) is 26.3 Å². The quantitative estimate of drug-likeness (QED) is 0.175. The van der Waals surface area contributed by atoms with E-state index in [0.29, 0.717) is 18.6 Å². The van der Waals surface area contributed by atoms with E-state index < -0.39 is 29.2 Å². The monoisotopic (exact) mass is 445 g/mol. The molecule has 0 amide bonds. The predicted octanol–water partition coefficient (Wildman–Crippen LogP) is 8.01. The van der Waals surface area contributed by atoms with Gasteiger partial charge in [0.1, 0.15) is 5.75 Å². The fourth-order valence-electron chi connectivity index (χ4n) is 1.95. The maximum Gasteiger partial charge on any atom is 0.434 e. The zero-order chi connectivity index (χ0) is 22.7. The molecule has 1 aromatic rings. The van der Waals surface area contributed by atoms with Crippen LogP contribution < -0.4 is 4.74 Å². The van der Waals surface area contributed by atoms with Crippen LogP contribution in [0.3, 0.4) is 0 Å². The molecular weight excluding hydrogens is 416 g/mol. The van der Waals surface area contributed by atoms with Crippen LogP contribution in [0.1, 0.15) is 65.9 Å². The molecule has 0 aliphatic rings. The molecule has 9 heteroatoms. The number of ether oxygens (including phenoxy) is 1. The summed E-state index contributed by atoms with van der Waals surface area (Å²) in [5.74, 6) is 0.361. The number of rotatable bonds is 8. The number of hydrogen-bond acceptors (Lipinski definition) is 3. The van der Waals surface area contributed by atoms with Crippen molar-refractivity contribution >= 4 is 17.7 Å². The van der Waals surface area contributed by atoms with Gasteiger partial charge in [-0.15, -0.1) is 0 Å². The van der Waals surface area contributed by atoms with E-state index in [1.807, 2.05) is 13.8 Å². The van der Waals surface area contributed by atoms with Crippen LogP contribution in [-0.4, -0.2) is 29.4 Å². The van der Waals surface area contributed by atoms with E-state index in [0.717, 1.165) is 11.9 Å². The van der Waals surface area contributed by atoms with Crippen molar-refractivity contribution in [3.05, 3.63) is 29.8 Å². The minimum Gasteiger partial charge on any atom is -0.494 e. The van der Waals surface area contributed by atoms with E-state index in [9.17, 15) is 26.3 Å². The summed E-state index contributed by atoms with van der Waals surface area (Å²) in [5, 5.41) is 0. The van der Waals surface area contributed by atoms with E-state index >= 15 is 0 Å². The molecule has 1 aromatic carbocycles. The highest BCUT2D eigenvalue weighted by Gasteiger charge is 2.37. The third-order valence-electron chi connectivity index (χ3n) is 3.18. The van der Waals surface area contributed by atoms with Crippen molar-refractivity contribution < 1.29 is 31.1 Å². The number of nitrogens with zero attached hydrogens (tertiary/aromatic N) is 1. The van der Waals surface area contributed by atoms with Gasteiger partial charge in [0.2, 0.25) is 0 Å². The summed E-state index contributed by atoms with van der Waals surface area (Å²) in [6, 6.07) is 5.34. The minimum atomic E-state index is -4.58. The van der Waals surface area contributed by atoms with E-state index in [-0.39, 0.29) is 18.6 Å². The number of alkyl halides is 6. The van der Waals surface area contributed by atoms with Crippen molar-refractivity contribution in [1.29, 1.82) is 0 Å². The largest absolute Gasteiger partial charge is 0.494 e. The third-order valence-corrected chi connectivity index (χ3v) is 4.00. The fraction of sp³-hybridized carbons (Fsp3) is 0.650. The zero-order valence-electron chi connectivity index (χ0n) is 17.4. The second-order valence-electron chi connectivity index (χ2n) is 6.94. The number of benzene rings is 1. The van der Waals surface area contributed by atoms with E-state index in [1.165, 1.54) is 24.3 Å². The molecule has 0 N–H and O–H groups in total. The molecule has 0 aliphatic carbocycles. The molecule has 0 unspecified atom stereocenters. The van der Waals surface area contributed by atoms with Gasteiger partial charge < -0.3 is 4.74 Å². The first-order valence-electron chi connectivity index (χ1n) is 9.41. The average Bonchev–Trinajstić information content (AvgIpc) is 2.58. The Morgan fingerprint density at radius 1 is 0.897 bits per heavy atom. The topological polar surface area (TPSA) is 21.6 Å². The normalized spacial score (nSPS) is 13.0. The summed E-state index contributed by atoms with van der Waals surface area (Å²) in [6.45, 7) is 9.50. The van der Waals surface area contributed by atoms with Crippen molar-refractivity contribution in [1.82, 2.24) is 0 Å². The molecule has 0 aliphatic heterocycles. The summed E-state index contributed by atoms with van der Waals surface area (Å²) >= 11 is 0.847. The van der Waals surface area contributed by atoms with Gasteiger partial charge in [-0.1, -0.05) is 13.8 Å². The van der Waals surface area contributed by atoms with Gasteiger partial charge in [-0.2, -0.15) is 26.3 Å². The van der Waals surface area contributed by atoms with E-state index in [2.05, 4.69) is 4.40 Å². The highest BCUT2D eigenvalue weighted by atomic mass is 32.2. The van der Waals surface area contributed by atoms with Crippen LogP contribution in [0.15, 0.2) is 28.7 Å². The molecule has 0 aromatic heterocycles. The molecule has 0 heterocycles. The highest BCUT2D eigenvalue weighted by molar-refractivity contribution is 7.99. The van der Waals surface area contributed by atoms with Gasteiger partial charge in [-0.25, -0.2) is 4.40 Å². The molecule has 0 spiro atoms.